The van der Waals surface area contributed by atoms with Gasteiger partial charge in [-0.2, -0.15) is 0 Å². The molecule has 2 aliphatic rings. The van der Waals surface area contributed by atoms with E-state index in [1.807, 2.05) is 6.07 Å². The molecule has 0 saturated heterocycles. The van der Waals surface area contributed by atoms with E-state index in [2.05, 4.69) is 55.5 Å². The molecule has 1 fully saturated rings. The Hall–Kier alpha value is -2.15. The van der Waals surface area contributed by atoms with Crippen molar-refractivity contribution in [2.24, 2.45) is 5.92 Å². The van der Waals surface area contributed by atoms with E-state index in [-0.39, 0.29) is 5.78 Å². The van der Waals surface area contributed by atoms with Crippen LogP contribution >= 0.6 is 0 Å². The zero-order valence-electron chi connectivity index (χ0n) is 16.4. The summed E-state index contributed by atoms with van der Waals surface area (Å²) in [5, 5.41) is 0. The topological polar surface area (TPSA) is 17.1 Å². The Labute approximate surface area is 163 Å². The Bertz CT molecular complexity index is 822. The standard InChI is InChI=1S/C26H30O/c1-2-22-12-13-23-18-24(14-15-25(22)23)26(27)16-11-19-7-9-21(10-8-19)17-20-5-3-4-6-20/h7-10,12-15,18,20,22H,2-6,11,16-17H2,1H3. The molecule has 0 heterocycles. The SMILES string of the molecule is CCC1C=Cc2cc(C(=O)CCc3ccc(CC4CCCC4)cc3)ccc21. The van der Waals surface area contributed by atoms with Crippen LogP contribution in [0.25, 0.3) is 6.08 Å². The van der Waals surface area contributed by atoms with Gasteiger partial charge in [0.05, 0.1) is 0 Å². The van der Waals surface area contributed by atoms with Crippen molar-refractivity contribution in [1.29, 1.82) is 0 Å². The summed E-state index contributed by atoms with van der Waals surface area (Å²) >= 11 is 0. The summed E-state index contributed by atoms with van der Waals surface area (Å²) in [6, 6.07) is 15.2. The highest BCUT2D eigenvalue weighted by atomic mass is 16.1. The van der Waals surface area contributed by atoms with Crippen LogP contribution in [0.1, 0.15) is 84.0 Å². The lowest BCUT2D eigenvalue weighted by Gasteiger charge is -2.10. The van der Waals surface area contributed by atoms with Crippen LogP contribution < -0.4 is 0 Å². The molecule has 2 aliphatic carbocycles. The molecule has 1 unspecified atom stereocenters. The number of carbonyl (C=O) groups is 1. The minimum Gasteiger partial charge on any atom is -0.294 e. The smallest absolute Gasteiger partial charge is 0.163 e. The Morgan fingerprint density at radius 3 is 2.48 bits per heavy atom. The molecule has 0 N–H and O–H groups in total. The van der Waals surface area contributed by atoms with Crippen LogP contribution in [0.2, 0.25) is 0 Å². The maximum Gasteiger partial charge on any atom is 0.163 e. The number of Topliss-reactive ketones (excluding diaryl/α,β-unsaturated/α-hetero) is 1. The molecule has 1 atom stereocenters. The van der Waals surface area contributed by atoms with Crippen LogP contribution in [0.4, 0.5) is 0 Å². The van der Waals surface area contributed by atoms with E-state index < -0.39 is 0 Å². The minimum absolute atomic E-state index is 0.251. The second-order valence-electron chi connectivity index (χ2n) is 8.31. The fraction of sp³-hybridized carbons (Fsp3) is 0.423. The van der Waals surface area contributed by atoms with Gasteiger partial charge in [-0.15, -0.1) is 0 Å². The van der Waals surface area contributed by atoms with Crippen molar-refractivity contribution in [2.45, 2.75) is 64.2 Å². The van der Waals surface area contributed by atoms with E-state index in [0.717, 1.165) is 24.3 Å². The first-order chi connectivity index (χ1) is 13.2. The zero-order chi connectivity index (χ0) is 18.6. The Balaban J connectivity index is 1.33. The van der Waals surface area contributed by atoms with Gasteiger partial charge in [-0.25, -0.2) is 0 Å². The molecule has 27 heavy (non-hydrogen) atoms. The van der Waals surface area contributed by atoms with Crippen LogP contribution in [-0.4, -0.2) is 5.78 Å². The van der Waals surface area contributed by atoms with Gasteiger partial charge in [-0.3, -0.25) is 4.79 Å². The number of aryl methyl sites for hydroxylation is 1. The van der Waals surface area contributed by atoms with Gasteiger partial charge in [0.1, 0.15) is 0 Å². The second kappa shape index (κ2) is 8.25. The number of hydrogen-bond donors (Lipinski definition) is 0. The maximum atomic E-state index is 12.6. The van der Waals surface area contributed by atoms with Gasteiger partial charge in [0, 0.05) is 17.9 Å². The van der Waals surface area contributed by atoms with Gasteiger partial charge >= 0.3 is 0 Å². The number of hydrogen-bond acceptors (Lipinski definition) is 1. The number of carbonyl (C=O) groups excluding carboxylic acids is 1. The van der Waals surface area contributed by atoms with Gasteiger partial charge in [0.25, 0.3) is 0 Å². The third-order valence-electron chi connectivity index (χ3n) is 6.42. The van der Waals surface area contributed by atoms with Gasteiger partial charge in [0.15, 0.2) is 5.78 Å². The van der Waals surface area contributed by atoms with E-state index >= 15 is 0 Å². The van der Waals surface area contributed by atoms with E-state index in [9.17, 15) is 4.79 Å². The second-order valence-corrected chi connectivity index (χ2v) is 8.31. The molecule has 0 radical (unpaired) electrons. The Morgan fingerprint density at radius 1 is 1.00 bits per heavy atom. The van der Waals surface area contributed by atoms with Crippen LogP contribution in [-0.2, 0) is 12.8 Å². The fourth-order valence-corrected chi connectivity index (χ4v) is 4.70. The average molecular weight is 359 g/mol. The molecule has 0 spiro atoms. The molecule has 140 valence electrons. The van der Waals surface area contributed by atoms with Crippen molar-refractivity contribution in [3.05, 3.63) is 76.4 Å². The first kappa shape index (κ1) is 18.2. The first-order valence-corrected chi connectivity index (χ1v) is 10.7. The van der Waals surface area contributed by atoms with Gasteiger partial charge in [-0.05, 0) is 53.5 Å². The highest BCUT2D eigenvalue weighted by Crippen LogP contribution is 2.33. The number of ketones is 1. The van der Waals surface area contributed by atoms with Crippen LogP contribution in [0.5, 0.6) is 0 Å². The quantitative estimate of drug-likeness (QED) is 0.500. The number of allylic oxidation sites excluding steroid dienone is 1. The molecule has 0 aromatic heterocycles. The molecular weight excluding hydrogens is 328 g/mol. The molecule has 1 saturated carbocycles. The largest absolute Gasteiger partial charge is 0.294 e. The minimum atomic E-state index is 0.251. The molecule has 2 aromatic carbocycles. The monoisotopic (exact) mass is 358 g/mol. The van der Waals surface area contributed by atoms with E-state index in [1.54, 1.807) is 0 Å². The van der Waals surface area contributed by atoms with Crippen molar-refractivity contribution >= 4 is 11.9 Å². The summed E-state index contributed by atoms with van der Waals surface area (Å²) < 4.78 is 0. The predicted octanol–water partition coefficient (Wildman–Crippen LogP) is 6.76. The zero-order valence-corrected chi connectivity index (χ0v) is 16.4. The summed E-state index contributed by atoms with van der Waals surface area (Å²) in [6.45, 7) is 2.21. The van der Waals surface area contributed by atoms with Crippen molar-refractivity contribution in [3.8, 4) is 0 Å². The molecular formula is C26H30O. The maximum absolute atomic E-state index is 12.6. The van der Waals surface area contributed by atoms with Crippen molar-refractivity contribution < 1.29 is 4.79 Å². The summed E-state index contributed by atoms with van der Waals surface area (Å²) in [5.74, 6) is 1.66. The molecule has 1 nitrogen and oxygen atoms in total. The van der Waals surface area contributed by atoms with E-state index in [0.29, 0.717) is 12.3 Å². The molecule has 4 rings (SSSR count). The Kier molecular flexibility index (Phi) is 5.57. The van der Waals surface area contributed by atoms with E-state index in [1.165, 1.54) is 54.4 Å². The van der Waals surface area contributed by atoms with Gasteiger partial charge in [-0.1, -0.05) is 81.2 Å². The normalized spacial score (nSPS) is 18.8. The molecule has 1 heteroatoms. The lowest BCUT2D eigenvalue weighted by atomic mass is 9.94. The van der Waals surface area contributed by atoms with Crippen molar-refractivity contribution in [3.63, 3.8) is 0 Å². The first-order valence-electron chi connectivity index (χ1n) is 10.7. The highest BCUT2D eigenvalue weighted by Gasteiger charge is 2.18. The average Bonchev–Trinajstić information content (AvgIpc) is 3.36. The van der Waals surface area contributed by atoms with E-state index in [4.69, 9.17) is 0 Å². The Morgan fingerprint density at radius 2 is 1.74 bits per heavy atom. The number of fused-ring (bicyclic) bond motifs is 1. The van der Waals surface area contributed by atoms with Gasteiger partial charge < -0.3 is 0 Å². The molecule has 2 aromatic rings. The number of benzene rings is 2. The summed E-state index contributed by atoms with van der Waals surface area (Å²) in [7, 11) is 0. The van der Waals surface area contributed by atoms with Gasteiger partial charge in [0.2, 0.25) is 0 Å². The summed E-state index contributed by atoms with van der Waals surface area (Å²) in [6.07, 6.45) is 13.8. The van der Waals surface area contributed by atoms with Crippen LogP contribution in [0.3, 0.4) is 0 Å². The molecule has 0 amide bonds. The lowest BCUT2D eigenvalue weighted by Crippen LogP contribution is -2.03. The van der Waals surface area contributed by atoms with Crippen LogP contribution in [0.15, 0.2) is 48.5 Å². The molecule has 0 aliphatic heterocycles. The van der Waals surface area contributed by atoms with Crippen molar-refractivity contribution in [1.82, 2.24) is 0 Å². The summed E-state index contributed by atoms with van der Waals surface area (Å²) in [4.78, 5) is 12.6. The molecule has 0 bridgehead atoms. The van der Waals surface area contributed by atoms with Crippen LogP contribution in [0, 0.1) is 5.92 Å². The lowest BCUT2D eigenvalue weighted by molar-refractivity contribution is 0.0983. The third-order valence-corrected chi connectivity index (χ3v) is 6.42. The van der Waals surface area contributed by atoms with Crippen molar-refractivity contribution in [2.75, 3.05) is 0 Å². The third kappa shape index (κ3) is 4.24. The number of rotatable bonds is 7. The summed E-state index contributed by atoms with van der Waals surface area (Å²) in [5.41, 5.74) is 6.17. The predicted molar refractivity (Wildman–Crippen MR) is 113 cm³/mol. The fourth-order valence-electron chi connectivity index (χ4n) is 4.70. The highest BCUT2D eigenvalue weighted by molar-refractivity contribution is 5.97.